The predicted octanol–water partition coefficient (Wildman–Crippen LogP) is 3.73. The standard InChI is InChI=1S/C15H18Br3N5O3S/c1-7(15(2,3)24)21-13-11(18)6-20-14(23-13)22-8-4-9(16)12(10(17)5-8)27(19,25)26/h4-7,24H,1-3H3,(H2,19,25,26)(H2,20,21,22,23)/t7-/m1/s1. The van der Waals surface area contributed by atoms with Gasteiger partial charge in [-0.05, 0) is 80.7 Å². The molecule has 5 N–H and O–H groups in total. The van der Waals surface area contributed by atoms with Crippen LogP contribution in [-0.2, 0) is 10.0 Å². The number of hydrogen-bond donors (Lipinski definition) is 4. The number of halogens is 3. The zero-order chi connectivity index (χ0) is 20.6. The molecule has 2 aromatic rings. The van der Waals surface area contributed by atoms with Gasteiger partial charge < -0.3 is 15.7 Å². The van der Waals surface area contributed by atoms with Gasteiger partial charge in [-0.2, -0.15) is 4.98 Å². The number of nitrogens with two attached hydrogens (primary N) is 1. The van der Waals surface area contributed by atoms with E-state index < -0.39 is 15.6 Å². The number of anilines is 3. The second-order valence-electron chi connectivity index (χ2n) is 6.35. The van der Waals surface area contributed by atoms with E-state index in [0.717, 1.165) is 0 Å². The van der Waals surface area contributed by atoms with E-state index in [-0.39, 0.29) is 16.9 Å². The normalized spacial score (nSPS) is 13.3. The average Bonchev–Trinajstić information content (AvgIpc) is 2.47. The first kappa shape index (κ1) is 22.5. The molecule has 1 atom stereocenters. The SMILES string of the molecule is C[C@@H](Nc1nc(Nc2cc(Br)c(S(N)(=O)=O)c(Br)c2)ncc1Br)C(C)(C)O. The van der Waals surface area contributed by atoms with Gasteiger partial charge in [0.2, 0.25) is 16.0 Å². The Morgan fingerprint density at radius 2 is 1.74 bits per heavy atom. The molecule has 0 fully saturated rings. The molecule has 0 saturated carbocycles. The molecule has 0 unspecified atom stereocenters. The number of sulfonamides is 1. The molecular weight excluding hydrogens is 570 g/mol. The summed E-state index contributed by atoms with van der Waals surface area (Å²) >= 11 is 9.79. The van der Waals surface area contributed by atoms with Crippen LogP contribution in [0.15, 0.2) is 36.6 Å². The third-order valence-corrected chi connectivity index (χ3v) is 7.06. The van der Waals surface area contributed by atoms with E-state index in [4.69, 9.17) is 5.14 Å². The van der Waals surface area contributed by atoms with Gasteiger partial charge in [-0.15, -0.1) is 0 Å². The van der Waals surface area contributed by atoms with Crippen molar-refractivity contribution < 1.29 is 13.5 Å². The number of rotatable bonds is 6. The Hall–Kier alpha value is -0.790. The number of aliphatic hydroxyl groups is 1. The van der Waals surface area contributed by atoms with E-state index in [1.54, 1.807) is 32.2 Å². The first-order valence-electron chi connectivity index (χ1n) is 7.59. The highest BCUT2D eigenvalue weighted by atomic mass is 79.9. The summed E-state index contributed by atoms with van der Waals surface area (Å²) in [6, 6.07) is 2.85. The molecule has 2 rings (SSSR count). The van der Waals surface area contributed by atoms with Crippen molar-refractivity contribution in [1.29, 1.82) is 0 Å². The molecule has 0 aliphatic carbocycles. The predicted molar refractivity (Wildman–Crippen MR) is 116 cm³/mol. The second kappa shape index (κ2) is 8.29. The summed E-state index contributed by atoms with van der Waals surface area (Å²) in [6.45, 7) is 5.23. The maximum atomic E-state index is 11.6. The molecule has 0 spiro atoms. The molecule has 0 aliphatic heterocycles. The van der Waals surface area contributed by atoms with Crippen molar-refractivity contribution in [2.24, 2.45) is 5.14 Å². The smallest absolute Gasteiger partial charge is 0.240 e. The Kier molecular flexibility index (Phi) is 6.91. The van der Waals surface area contributed by atoms with Crippen LogP contribution in [0.1, 0.15) is 20.8 Å². The van der Waals surface area contributed by atoms with Gasteiger partial charge in [-0.3, -0.25) is 0 Å². The maximum Gasteiger partial charge on any atom is 0.240 e. The summed E-state index contributed by atoms with van der Waals surface area (Å²) in [5.41, 5.74) is -0.401. The molecule has 1 heterocycles. The molecule has 27 heavy (non-hydrogen) atoms. The number of benzene rings is 1. The minimum Gasteiger partial charge on any atom is -0.388 e. The second-order valence-corrected chi connectivity index (χ2v) is 10.4. The van der Waals surface area contributed by atoms with Crippen LogP contribution in [0.4, 0.5) is 17.5 Å². The van der Waals surface area contributed by atoms with Gasteiger partial charge in [-0.25, -0.2) is 18.5 Å². The Labute approximate surface area is 182 Å². The van der Waals surface area contributed by atoms with Gasteiger partial charge in [-0.1, -0.05) is 0 Å². The van der Waals surface area contributed by atoms with E-state index in [9.17, 15) is 13.5 Å². The van der Waals surface area contributed by atoms with Crippen molar-refractivity contribution in [2.75, 3.05) is 10.6 Å². The van der Waals surface area contributed by atoms with Crippen LogP contribution in [-0.4, -0.2) is 35.1 Å². The summed E-state index contributed by atoms with van der Waals surface area (Å²) in [5.74, 6) is 0.784. The molecule has 1 aromatic carbocycles. The Morgan fingerprint density at radius 3 is 2.22 bits per heavy atom. The monoisotopic (exact) mass is 585 g/mol. The molecule has 0 bridgehead atoms. The molecule has 0 radical (unpaired) electrons. The molecule has 0 aliphatic rings. The van der Waals surface area contributed by atoms with Crippen molar-refractivity contribution in [3.63, 3.8) is 0 Å². The summed E-state index contributed by atoms with van der Waals surface area (Å²) in [5, 5.41) is 21.4. The van der Waals surface area contributed by atoms with E-state index in [2.05, 4.69) is 68.4 Å². The fourth-order valence-electron chi connectivity index (χ4n) is 1.94. The zero-order valence-corrected chi connectivity index (χ0v) is 20.2. The first-order chi connectivity index (χ1) is 12.3. The fraction of sp³-hybridized carbons (Fsp3) is 0.333. The van der Waals surface area contributed by atoms with Gasteiger partial charge >= 0.3 is 0 Å². The zero-order valence-electron chi connectivity index (χ0n) is 14.6. The lowest BCUT2D eigenvalue weighted by Crippen LogP contribution is -2.39. The lowest BCUT2D eigenvalue weighted by atomic mass is 10.0. The Balaban J connectivity index is 2.32. The van der Waals surface area contributed by atoms with Gasteiger partial charge in [0.05, 0.1) is 16.1 Å². The lowest BCUT2D eigenvalue weighted by Gasteiger charge is -2.27. The minimum absolute atomic E-state index is 0.0499. The van der Waals surface area contributed by atoms with Crippen LogP contribution in [0, 0.1) is 0 Å². The average molecular weight is 588 g/mol. The van der Waals surface area contributed by atoms with Crippen LogP contribution in [0.5, 0.6) is 0 Å². The number of nitrogens with one attached hydrogen (secondary N) is 2. The summed E-state index contributed by atoms with van der Waals surface area (Å²) in [7, 11) is -3.89. The van der Waals surface area contributed by atoms with Gasteiger partial charge in [0.1, 0.15) is 10.7 Å². The van der Waals surface area contributed by atoms with Crippen molar-refractivity contribution in [3.05, 3.63) is 31.7 Å². The van der Waals surface area contributed by atoms with Crippen molar-refractivity contribution in [1.82, 2.24) is 9.97 Å². The van der Waals surface area contributed by atoms with Gasteiger partial charge in [0.15, 0.2) is 0 Å². The van der Waals surface area contributed by atoms with E-state index in [1.165, 1.54) is 0 Å². The highest BCUT2D eigenvalue weighted by Crippen LogP contribution is 2.33. The van der Waals surface area contributed by atoms with Crippen LogP contribution < -0.4 is 15.8 Å². The molecule has 0 amide bonds. The highest BCUT2D eigenvalue weighted by Gasteiger charge is 2.23. The molecular formula is C15H18Br3N5O3S. The molecule has 8 nitrogen and oxygen atoms in total. The van der Waals surface area contributed by atoms with E-state index >= 15 is 0 Å². The lowest BCUT2D eigenvalue weighted by molar-refractivity contribution is 0.0647. The fourth-order valence-corrected chi connectivity index (χ4v) is 5.45. The number of primary sulfonamides is 1. The summed E-state index contributed by atoms with van der Waals surface area (Å²) in [4.78, 5) is 8.53. The number of aromatic nitrogens is 2. The summed E-state index contributed by atoms with van der Waals surface area (Å²) in [6.07, 6.45) is 1.57. The summed E-state index contributed by atoms with van der Waals surface area (Å²) < 4.78 is 24.5. The molecule has 0 saturated heterocycles. The van der Waals surface area contributed by atoms with Crippen molar-refractivity contribution >= 4 is 75.3 Å². The molecule has 12 heteroatoms. The van der Waals surface area contributed by atoms with Gasteiger partial charge in [0, 0.05) is 20.8 Å². The van der Waals surface area contributed by atoms with E-state index in [0.29, 0.717) is 24.9 Å². The quantitative estimate of drug-likeness (QED) is 0.405. The maximum absolute atomic E-state index is 11.6. The minimum atomic E-state index is -3.89. The Bertz CT molecular complexity index is 941. The third kappa shape index (κ3) is 5.84. The van der Waals surface area contributed by atoms with Crippen molar-refractivity contribution in [3.8, 4) is 0 Å². The third-order valence-electron chi connectivity index (χ3n) is 3.70. The van der Waals surface area contributed by atoms with Crippen molar-refractivity contribution in [2.45, 2.75) is 37.3 Å². The van der Waals surface area contributed by atoms with Crippen LogP contribution in [0.3, 0.4) is 0 Å². The van der Waals surface area contributed by atoms with Crippen LogP contribution in [0.25, 0.3) is 0 Å². The first-order valence-corrected chi connectivity index (χ1v) is 11.5. The topological polar surface area (TPSA) is 130 Å². The largest absolute Gasteiger partial charge is 0.388 e. The van der Waals surface area contributed by atoms with Gasteiger partial charge in [0.25, 0.3) is 0 Å². The number of nitrogens with zero attached hydrogens (tertiary/aromatic N) is 2. The molecule has 1 aromatic heterocycles. The van der Waals surface area contributed by atoms with Crippen LogP contribution >= 0.6 is 47.8 Å². The molecule has 148 valence electrons. The Morgan fingerprint density at radius 1 is 1.19 bits per heavy atom. The number of hydrogen-bond acceptors (Lipinski definition) is 7. The van der Waals surface area contributed by atoms with E-state index in [1.807, 2.05) is 6.92 Å². The highest BCUT2D eigenvalue weighted by molar-refractivity contribution is 9.11. The van der Waals surface area contributed by atoms with Crippen LogP contribution in [0.2, 0.25) is 0 Å².